The van der Waals surface area contributed by atoms with Gasteiger partial charge in [-0.2, -0.15) is 0 Å². The molecular formula is C63H42N4O. The zero-order valence-electron chi connectivity index (χ0n) is 36.9. The summed E-state index contributed by atoms with van der Waals surface area (Å²) in [5, 5.41) is 1.18. The van der Waals surface area contributed by atoms with Crippen LogP contribution in [0.3, 0.4) is 0 Å². The normalized spacial score (nSPS) is 14.5. The summed E-state index contributed by atoms with van der Waals surface area (Å²) in [5.74, 6) is 2.62. The number of aromatic nitrogens is 4. The summed E-state index contributed by atoms with van der Waals surface area (Å²) in [6, 6.07) is 81.1. The highest BCUT2D eigenvalue weighted by molar-refractivity contribution is 5.93. The average molecular weight is 871 g/mol. The van der Waals surface area contributed by atoms with Gasteiger partial charge in [-0.25, -0.2) is 15.0 Å². The molecule has 2 atom stereocenters. The summed E-state index contributed by atoms with van der Waals surface area (Å²) in [5.41, 5.74) is 17.7. The minimum atomic E-state index is -0.247. The van der Waals surface area contributed by atoms with Crippen molar-refractivity contribution in [2.75, 3.05) is 0 Å². The Labute approximate surface area is 395 Å². The summed E-state index contributed by atoms with van der Waals surface area (Å²) >= 11 is 0. The molecule has 68 heavy (non-hydrogen) atoms. The molecule has 0 saturated carbocycles. The second kappa shape index (κ2) is 16.5. The first kappa shape index (κ1) is 39.4. The SMILES string of the molecule is C1=CC2c3c(cccc3-c3nc(-c4ccc(-c5ccccc5)cc4)nc(-c4ccc(-c5ccccc5)cc4)n3)OC2c2c1n(-c1cccc(-c3ccc(-c4ccccc4)cc3)c1)c1ccccc21. The van der Waals surface area contributed by atoms with Gasteiger partial charge < -0.3 is 9.30 Å². The van der Waals surface area contributed by atoms with Gasteiger partial charge in [0.2, 0.25) is 0 Å². The quantitative estimate of drug-likeness (QED) is 0.153. The molecule has 0 radical (unpaired) electrons. The van der Waals surface area contributed by atoms with Crippen molar-refractivity contribution in [1.82, 2.24) is 19.5 Å². The van der Waals surface area contributed by atoms with E-state index in [4.69, 9.17) is 19.7 Å². The smallest absolute Gasteiger partial charge is 0.164 e. The Balaban J connectivity index is 0.893. The van der Waals surface area contributed by atoms with Crippen LogP contribution < -0.4 is 4.74 Å². The maximum absolute atomic E-state index is 7.10. The molecule has 5 nitrogen and oxygen atoms in total. The van der Waals surface area contributed by atoms with E-state index in [1.807, 2.05) is 12.1 Å². The van der Waals surface area contributed by atoms with Crippen molar-refractivity contribution in [2.45, 2.75) is 12.0 Å². The van der Waals surface area contributed by atoms with Crippen LogP contribution in [0.2, 0.25) is 0 Å². The Hall–Kier alpha value is -8.93. The van der Waals surface area contributed by atoms with Crippen LogP contribution >= 0.6 is 0 Å². The molecule has 2 unspecified atom stereocenters. The molecule has 11 aromatic rings. The molecule has 1 aliphatic heterocycles. The van der Waals surface area contributed by atoms with Crippen LogP contribution in [0.15, 0.2) is 237 Å². The van der Waals surface area contributed by atoms with E-state index in [0.717, 1.165) is 72.7 Å². The third kappa shape index (κ3) is 6.92. The molecule has 1 aliphatic carbocycles. The lowest BCUT2D eigenvalue weighted by Gasteiger charge is -2.23. The predicted octanol–water partition coefficient (Wildman–Crippen LogP) is 15.7. The molecule has 2 aliphatic rings. The second-order valence-corrected chi connectivity index (χ2v) is 17.5. The topological polar surface area (TPSA) is 52.8 Å². The van der Waals surface area contributed by atoms with Crippen molar-refractivity contribution < 1.29 is 4.74 Å². The molecule has 13 rings (SSSR count). The van der Waals surface area contributed by atoms with E-state index in [1.54, 1.807) is 0 Å². The number of nitrogens with zero attached hydrogens (tertiary/aromatic N) is 4. The van der Waals surface area contributed by atoms with E-state index < -0.39 is 0 Å². The molecule has 0 spiro atoms. The van der Waals surface area contributed by atoms with Crippen molar-refractivity contribution in [3.8, 4) is 90.1 Å². The minimum Gasteiger partial charge on any atom is -0.484 e. The largest absolute Gasteiger partial charge is 0.484 e. The molecule has 0 N–H and O–H groups in total. The standard InChI is InChI=1S/C63H42N4O/c1-4-14-41(15-5-1)44-26-28-47(29-27-44)50-20-12-21-51(40-50)67-55-24-11-10-22-52(55)59-56(67)39-38-53-58-54(23-13-25-57(58)68-60(53)59)63-65-61(48-34-30-45(31-35-48)42-16-6-2-7-17-42)64-62(66-63)49-36-32-46(33-37-49)43-18-8-3-9-19-43/h1-40,53,60H. The Morgan fingerprint density at radius 3 is 1.40 bits per heavy atom. The Morgan fingerprint density at radius 2 is 0.824 bits per heavy atom. The molecule has 0 amide bonds. The number of fused-ring (bicyclic) bond motifs is 7. The first-order chi connectivity index (χ1) is 33.7. The first-order valence-electron chi connectivity index (χ1n) is 23.2. The van der Waals surface area contributed by atoms with Crippen molar-refractivity contribution in [1.29, 1.82) is 0 Å². The van der Waals surface area contributed by atoms with Crippen molar-refractivity contribution in [2.24, 2.45) is 0 Å². The Morgan fingerprint density at radius 1 is 0.368 bits per heavy atom. The molecule has 9 aromatic carbocycles. The van der Waals surface area contributed by atoms with E-state index in [0.29, 0.717) is 17.5 Å². The fraction of sp³-hybridized carbons (Fsp3) is 0.0317. The Kier molecular flexibility index (Phi) is 9.57. The Bertz CT molecular complexity index is 3570. The lowest BCUT2D eigenvalue weighted by atomic mass is 9.83. The van der Waals surface area contributed by atoms with E-state index in [2.05, 4.69) is 235 Å². The zero-order valence-corrected chi connectivity index (χ0v) is 36.9. The van der Waals surface area contributed by atoms with Gasteiger partial charge in [0.15, 0.2) is 17.5 Å². The molecule has 2 aromatic heterocycles. The van der Waals surface area contributed by atoms with Gasteiger partial charge in [-0.05, 0) is 74.8 Å². The second-order valence-electron chi connectivity index (χ2n) is 17.5. The van der Waals surface area contributed by atoms with Crippen LogP contribution in [0.4, 0.5) is 0 Å². The highest BCUT2D eigenvalue weighted by atomic mass is 16.5. The van der Waals surface area contributed by atoms with Gasteiger partial charge in [-0.3, -0.25) is 0 Å². The van der Waals surface area contributed by atoms with Gasteiger partial charge in [-0.1, -0.05) is 212 Å². The van der Waals surface area contributed by atoms with Crippen LogP contribution in [-0.2, 0) is 0 Å². The highest BCUT2D eigenvalue weighted by Crippen LogP contribution is 2.55. The lowest BCUT2D eigenvalue weighted by molar-refractivity contribution is 0.224. The summed E-state index contributed by atoms with van der Waals surface area (Å²) < 4.78 is 9.49. The molecule has 0 bridgehead atoms. The highest BCUT2D eigenvalue weighted by Gasteiger charge is 2.42. The molecular weight excluding hydrogens is 829 g/mol. The maximum Gasteiger partial charge on any atom is 0.164 e. The zero-order chi connectivity index (χ0) is 45.0. The third-order valence-electron chi connectivity index (χ3n) is 13.5. The van der Waals surface area contributed by atoms with Gasteiger partial charge in [-0.15, -0.1) is 0 Å². The van der Waals surface area contributed by atoms with Crippen LogP contribution in [0.25, 0.3) is 101 Å². The number of hydrogen-bond donors (Lipinski definition) is 0. The fourth-order valence-electron chi connectivity index (χ4n) is 10.2. The van der Waals surface area contributed by atoms with Crippen LogP contribution in [-0.4, -0.2) is 19.5 Å². The molecule has 0 saturated heterocycles. The number of para-hydroxylation sites is 1. The van der Waals surface area contributed by atoms with Gasteiger partial charge >= 0.3 is 0 Å². The van der Waals surface area contributed by atoms with Crippen molar-refractivity contribution >= 4 is 17.0 Å². The van der Waals surface area contributed by atoms with Gasteiger partial charge in [0.25, 0.3) is 0 Å². The van der Waals surface area contributed by atoms with E-state index in [9.17, 15) is 0 Å². The lowest BCUT2D eigenvalue weighted by Crippen LogP contribution is -2.14. The monoisotopic (exact) mass is 870 g/mol. The molecule has 3 heterocycles. The number of ether oxygens (including phenoxy) is 1. The molecule has 5 heteroatoms. The van der Waals surface area contributed by atoms with Crippen LogP contribution in [0.5, 0.6) is 5.75 Å². The first-order valence-corrected chi connectivity index (χ1v) is 23.2. The molecule has 0 fully saturated rings. The van der Waals surface area contributed by atoms with Crippen molar-refractivity contribution in [3.05, 3.63) is 253 Å². The maximum atomic E-state index is 7.10. The predicted molar refractivity (Wildman–Crippen MR) is 276 cm³/mol. The summed E-state index contributed by atoms with van der Waals surface area (Å²) in [4.78, 5) is 15.7. The third-order valence-corrected chi connectivity index (χ3v) is 13.5. The van der Waals surface area contributed by atoms with Gasteiger partial charge in [0.1, 0.15) is 11.9 Å². The molecule has 320 valence electrons. The van der Waals surface area contributed by atoms with Crippen LogP contribution in [0.1, 0.15) is 28.8 Å². The number of rotatable bonds is 8. The summed E-state index contributed by atoms with van der Waals surface area (Å²) in [6.07, 6.45) is 4.36. The van der Waals surface area contributed by atoms with E-state index in [1.165, 1.54) is 27.6 Å². The van der Waals surface area contributed by atoms with Crippen LogP contribution in [0, 0.1) is 0 Å². The van der Waals surface area contributed by atoms with E-state index >= 15 is 0 Å². The summed E-state index contributed by atoms with van der Waals surface area (Å²) in [6.45, 7) is 0. The fourth-order valence-corrected chi connectivity index (χ4v) is 10.2. The average Bonchev–Trinajstić information content (AvgIpc) is 3.98. The van der Waals surface area contributed by atoms with E-state index in [-0.39, 0.29) is 12.0 Å². The van der Waals surface area contributed by atoms with Gasteiger partial charge in [0, 0.05) is 44.8 Å². The number of benzene rings is 9. The number of hydrogen-bond acceptors (Lipinski definition) is 4. The summed E-state index contributed by atoms with van der Waals surface area (Å²) in [7, 11) is 0. The minimum absolute atomic E-state index is 0.0682. The van der Waals surface area contributed by atoms with Gasteiger partial charge in [0.05, 0.1) is 11.2 Å². The van der Waals surface area contributed by atoms with Crippen molar-refractivity contribution in [3.63, 3.8) is 0 Å².